The lowest BCUT2D eigenvalue weighted by Crippen LogP contribution is -1.98. The van der Waals surface area contributed by atoms with E-state index >= 15 is 0 Å². The van der Waals surface area contributed by atoms with Crippen LogP contribution < -0.4 is 5.73 Å². The van der Waals surface area contributed by atoms with Crippen LogP contribution >= 0.6 is 0 Å². The molecule has 2 nitrogen and oxygen atoms in total. The van der Waals surface area contributed by atoms with Crippen LogP contribution in [0.25, 0.3) is 10.9 Å². The number of hydrogen-bond acceptors (Lipinski definition) is 2. The predicted molar refractivity (Wildman–Crippen MR) is 54.4 cm³/mol. The molecule has 2 N–H and O–H groups in total. The Kier molecular flexibility index (Phi) is 1.99. The maximum absolute atomic E-state index is 5.64. The molecule has 0 radical (unpaired) electrons. The highest BCUT2D eigenvalue weighted by Gasteiger charge is 2.00. The predicted octanol–water partition coefficient (Wildman–Crippen LogP) is 2.00. The molecule has 0 amide bonds. The van der Waals surface area contributed by atoms with Gasteiger partial charge < -0.3 is 5.73 Å². The molecule has 66 valence electrons. The van der Waals surface area contributed by atoms with Crippen molar-refractivity contribution in [2.75, 3.05) is 0 Å². The Morgan fingerprint density at radius 1 is 1.31 bits per heavy atom. The number of nitrogens with two attached hydrogens (primary N) is 1. The first-order valence-corrected chi connectivity index (χ1v) is 4.36. The van der Waals surface area contributed by atoms with E-state index in [1.807, 2.05) is 18.3 Å². The Hall–Kier alpha value is -1.41. The SMILES string of the molecule is Cc1cccc2c(CN)ccnc12. The fraction of sp³-hybridized carbons (Fsp3) is 0.182. The monoisotopic (exact) mass is 172 g/mol. The van der Waals surface area contributed by atoms with Crippen LogP contribution in [0.2, 0.25) is 0 Å². The number of nitrogens with zero attached hydrogens (tertiary/aromatic N) is 1. The minimum absolute atomic E-state index is 0.572. The van der Waals surface area contributed by atoms with E-state index in [1.54, 1.807) is 0 Å². The highest BCUT2D eigenvalue weighted by atomic mass is 14.7. The molecule has 2 aromatic rings. The van der Waals surface area contributed by atoms with Gasteiger partial charge in [0, 0.05) is 18.1 Å². The van der Waals surface area contributed by atoms with Gasteiger partial charge in [-0.1, -0.05) is 18.2 Å². The molecule has 1 heterocycles. The van der Waals surface area contributed by atoms with Crippen molar-refractivity contribution < 1.29 is 0 Å². The summed E-state index contributed by atoms with van der Waals surface area (Å²) >= 11 is 0. The van der Waals surface area contributed by atoms with Gasteiger partial charge in [-0.05, 0) is 24.1 Å². The summed E-state index contributed by atoms with van der Waals surface area (Å²) in [5, 5.41) is 1.17. The highest BCUT2D eigenvalue weighted by Crippen LogP contribution is 2.18. The summed E-state index contributed by atoms with van der Waals surface area (Å²) < 4.78 is 0. The molecule has 13 heavy (non-hydrogen) atoms. The van der Waals surface area contributed by atoms with Crippen LogP contribution in [0.5, 0.6) is 0 Å². The van der Waals surface area contributed by atoms with Gasteiger partial charge in [0.2, 0.25) is 0 Å². The Bertz CT molecular complexity index is 435. The zero-order valence-corrected chi connectivity index (χ0v) is 7.62. The number of aromatic nitrogens is 1. The van der Waals surface area contributed by atoms with Crippen LogP contribution in [0, 0.1) is 6.92 Å². The lowest BCUT2D eigenvalue weighted by molar-refractivity contribution is 1.08. The van der Waals surface area contributed by atoms with Crippen molar-refractivity contribution in [1.82, 2.24) is 4.98 Å². The molecule has 0 spiro atoms. The lowest BCUT2D eigenvalue weighted by atomic mass is 10.1. The molecule has 2 rings (SSSR count). The Labute approximate surface area is 77.4 Å². The average molecular weight is 172 g/mol. The van der Waals surface area contributed by atoms with Crippen LogP contribution in [-0.2, 0) is 6.54 Å². The molecule has 0 aliphatic rings. The van der Waals surface area contributed by atoms with Crippen LogP contribution in [-0.4, -0.2) is 4.98 Å². The van der Waals surface area contributed by atoms with Crippen molar-refractivity contribution in [1.29, 1.82) is 0 Å². The second kappa shape index (κ2) is 3.15. The standard InChI is InChI=1S/C11H12N2/c1-8-3-2-4-10-9(7-12)5-6-13-11(8)10/h2-6H,7,12H2,1H3. The molecule has 0 unspecified atom stereocenters. The lowest BCUT2D eigenvalue weighted by Gasteiger charge is -2.04. The second-order valence-corrected chi connectivity index (χ2v) is 3.15. The summed E-state index contributed by atoms with van der Waals surface area (Å²) in [6, 6.07) is 8.15. The normalized spacial score (nSPS) is 10.6. The van der Waals surface area contributed by atoms with E-state index < -0.39 is 0 Å². The quantitative estimate of drug-likeness (QED) is 0.714. The van der Waals surface area contributed by atoms with Gasteiger partial charge in [0.15, 0.2) is 0 Å². The summed E-state index contributed by atoms with van der Waals surface area (Å²) in [5.74, 6) is 0. The molecule has 0 bridgehead atoms. The van der Waals surface area contributed by atoms with Gasteiger partial charge in [-0.2, -0.15) is 0 Å². The molecule has 0 saturated heterocycles. The maximum atomic E-state index is 5.64. The van der Waals surface area contributed by atoms with Crippen molar-refractivity contribution in [2.24, 2.45) is 5.73 Å². The van der Waals surface area contributed by atoms with Gasteiger partial charge in [0.1, 0.15) is 0 Å². The molecule has 0 aliphatic heterocycles. The number of aryl methyl sites for hydroxylation is 1. The number of para-hydroxylation sites is 1. The molecule has 1 aromatic heterocycles. The highest BCUT2D eigenvalue weighted by molar-refractivity contribution is 5.84. The largest absolute Gasteiger partial charge is 0.326 e. The van der Waals surface area contributed by atoms with Crippen molar-refractivity contribution in [2.45, 2.75) is 13.5 Å². The third kappa shape index (κ3) is 1.29. The van der Waals surface area contributed by atoms with Gasteiger partial charge in [0.25, 0.3) is 0 Å². The van der Waals surface area contributed by atoms with E-state index in [9.17, 15) is 0 Å². The second-order valence-electron chi connectivity index (χ2n) is 3.15. The molecule has 0 aliphatic carbocycles. The first-order valence-electron chi connectivity index (χ1n) is 4.36. The summed E-state index contributed by atoms with van der Waals surface area (Å²) in [7, 11) is 0. The molecule has 1 aromatic carbocycles. The van der Waals surface area contributed by atoms with Crippen LogP contribution in [0.3, 0.4) is 0 Å². The van der Waals surface area contributed by atoms with Gasteiger partial charge >= 0.3 is 0 Å². The van der Waals surface area contributed by atoms with Crippen molar-refractivity contribution in [3.8, 4) is 0 Å². The average Bonchev–Trinajstić information content (AvgIpc) is 2.18. The fourth-order valence-electron chi connectivity index (χ4n) is 1.56. The summed E-state index contributed by atoms with van der Waals surface area (Å²) in [4.78, 5) is 4.33. The Morgan fingerprint density at radius 3 is 2.92 bits per heavy atom. The van der Waals surface area contributed by atoms with Crippen molar-refractivity contribution in [3.05, 3.63) is 41.6 Å². The smallest absolute Gasteiger partial charge is 0.0734 e. The van der Waals surface area contributed by atoms with Gasteiger partial charge in [-0.3, -0.25) is 4.98 Å². The number of pyridine rings is 1. The summed E-state index contributed by atoms with van der Waals surface area (Å²) in [6.45, 7) is 2.64. The minimum Gasteiger partial charge on any atom is -0.326 e. The van der Waals surface area contributed by atoms with E-state index in [4.69, 9.17) is 5.73 Å². The van der Waals surface area contributed by atoms with Gasteiger partial charge in [-0.15, -0.1) is 0 Å². The number of benzene rings is 1. The number of rotatable bonds is 1. The van der Waals surface area contributed by atoms with E-state index in [-0.39, 0.29) is 0 Å². The first kappa shape index (κ1) is 8.20. The van der Waals surface area contributed by atoms with Crippen LogP contribution in [0.15, 0.2) is 30.5 Å². The van der Waals surface area contributed by atoms with E-state index in [1.165, 1.54) is 10.9 Å². The molecule has 0 atom stereocenters. The third-order valence-corrected chi connectivity index (χ3v) is 2.28. The molecule has 0 saturated carbocycles. The maximum Gasteiger partial charge on any atom is 0.0734 e. The molecule has 2 heteroatoms. The zero-order valence-electron chi connectivity index (χ0n) is 7.62. The van der Waals surface area contributed by atoms with Crippen molar-refractivity contribution >= 4 is 10.9 Å². The summed E-state index contributed by atoms with van der Waals surface area (Å²) in [5.41, 5.74) is 9.06. The topological polar surface area (TPSA) is 38.9 Å². The summed E-state index contributed by atoms with van der Waals surface area (Å²) in [6.07, 6.45) is 1.82. The third-order valence-electron chi connectivity index (χ3n) is 2.28. The van der Waals surface area contributed by atoms with Crippen LogP contribution in [0.1, 0.15) is 11.1 Å². The Balaban J connectivity index is 2.84. The first-order chi connectivity index (χ1) is 6.33. The van der Waals surface area contributed by atoms with E-state index in [0.717, 1.165) is 11.1 Å². The molecular weight excluding hydrogens is 160 g/mol. The van der Waals surface area contributed by atoms with E-state index in [0.29, 0.717) is 6.54 Å². The van der Waals surface area contributed by atoms with E-state index in [2.05, 4.69) is 24.0 Å². The molecule has 0 fully saturated rings. The minimum atomic E-state index is 0.572. The zero-order chi connectivity index (χ0) is 9.26. The van der Waals surface area contributed by atoms with Crippen LogP contribution in [0.4, 0.5) is 0 Å². The Morgan fingerprint density at radius 2 is 2.15 bits per heavy atom. The van der Waals surface area contributed by atoms with Gasteiger partial charge in [-0.25, -0.2) is 0 Å². The number of hydrogen-bond donors (Lipinski definition) is 1. The van der Waals surface area contributed by atoms with Gasteiger partial charge in [0.05, 0.1) is 5.52 Å². The van der Waals surface area contributed by atoms with Crippen molar-refractivity contribution in [3.63, 3.8) is 0 Å². The molecular formula is C11H12N2. The fourth-order valence-corrected chi connectivity index (χ4v) is 1.56. The number of fused-ring (bicyclic) bond motifs is 1.